The van der Waals surface area contributed by atoms with Crippen LogP contribution in [0.4, 0.5) is 5.69 Å². The van der Waals surface area contributed by atoms with Crippen LogP contribution < -0.4 is 5.09 Å². The predicted octanol–water partition coefficient (Wildman–Crippen LogP) is 5.87. The maximum atomic E-state index is 6.37. The third-order valence-electron chi connectivity index (χ3n) is 4.09. The van der Waals surface area contributed by atoms with Gasteiger partial charge in [-0.2, -0.15) is 0 Å². The summed E-state index contributed by atoms with van der Waals surface area (Å²) < 4.78 is 12.7. The van der Waals surface area contributed by atoms with E-state index in [4.69, 9.17) is 21.7 Å². The standard InChI is InChI=1S/C18H31NO2PS/c1-12(2)16-20-17(13(3)4)22(23,18(21-16)14(5)6)19-15-10-8-7-9-11-15/h7-14,16-19,23H,1-6H3/q+1. The van der Waals surface area contributed by atoms with Gasteiger partial charge in [0.05, 0.1) is 5.69 Å². The normalized spacial score (nSPS) is 31.8. The van der Waals surface area contributed by atoms with E-state index in [2.05, 4.69) is 58.8 Å². The van der Waals surface area contributed by atoms with Crippen molar-refractivity contribution in [2.24, 2.45) is 17.8 Å². The van der Waals surface area contributed by atoms with E-state index in [1.807, 2.05) is 18.2 Å². The smallest absolute Gasteiger partial charge is 0.218 e. The lowest BCUT2D eigenvalue weighted by Crippen LogP contribution is -2.47. The van der Waals surface area contributed by atoms with Crippen LogP contribution in [0.3, 0.4) is 0 Å². The van der Waals surface area contributed by atoms with Gasteiger partial charge in [0.25, 0.3) is 0 Å². The molecule has 1 fully saturated rings. The average molecular weight is 356 g/mol. The molecule has 2 atom stereocenters. The van der Waals surface area contributed by atoms with E-state index in [9.17, 15) is 0 Å². The number of hydrogen-bond acceptors (Lipinski definition) is 4. The first-order valence-electron chi connectivity index (χ1n) is 8.51. The minimum absolute atomic E-state index is 0.0691. The van der Waals surface area contributed by atoms with Crippen molar-refractivity contribution in [3.63, 3.8) is 0 Å². The van der Waals surface area contributed by atoms with Gasteiger partial charge in [-0.1, -0.05) is 59.7 Å². The van der Waals surface area contributed by atoms with Crippen molar-refractivity contribution >= 4 is 24.6 Å². The fourth-order valence-corrected chi connectivity index (χ4v) is 8.83. The van der Waals surface area contributed by atoms with Crippen LogP contribution in [0.5, 0.6) is 0 Å². The summed E-state index contributed by atoms with van der Waals surface area (Å²) in [6.45, 7) is 11.1. The summed E-state index contributed by atoms with van der Waals surface area (Å²) in [5.41, 5.74) is 1.09. The molecular formula is C18H31NO2PS+. The van der Waals surface area contributed by atoms with Gasteiger partial charge in [0.15, 0.2) is 6.29 Å². The van der Waals surface area contributed by atoms with Crippen LogP contribution in [0.1, 0.15) is 41.5 Å². The summed E-state index contributed by atoms with van der Waals surface area (Å²) in [7, 11) is 0. The van der Waals surface area contributed by atoms with Crippen molar-refractivity contribution in [2.75, 3.05) is 5.09 Å². The van der Waals surface area contributed by atoms with Gasteiger partial charge in [-0.05, 0) is 12.1 Å². The molecule has 2 rings (SSSR count). The Hall–Kier alpha value is -0.280. The van der Waals surface area contributed by atoms with Gasteiger partial charge in [-0.15, -0.1) is 0 Å². The van der Waals surface area contributed by atoms with E-state index >= 15 is 0 Å². The first-order valence-corrected chi connectivity index (χ1v) is 11.6. The minimum Gasteiger partial charge on any atom is -0.311 e. The molecule has 1 aliphatic rings. The van der Waals surface area contributed by atoms with Crippen LogP contribution in [0, 0.1) is 17.8 Å². The van der Waals surface area contributed by atoms with Crippen molar-refractivity contribution < 1.29 is 9.47 Å². The molecule has 0 aliphatic carbocycles. The van der Waals surface area contributed by atoms with Crippen LogP contribution in [-0.2, 0) is 9.47 Å². The fraction of sp³-hybridized carbons (Fsp3) is 0.667. The number of thiol groups is 1. The number of rotatable bonds is 5. The number of para-hydroxylation sites is 1. The summed E-state index contributed by atoms with van der Waals surface area (Å²) in [6, 6.07) is 10.3. The molecule has 1 aliphatic heterocycles. The average Bonchev–Trinajstić information content (AvgIpc) is 2.47. The molecule has 5 heteroatoms. The second-order valence-electron chi connectivity index (χ2n) is 7.37. The Balaban J connectivity index is 2.37. The van der Waals surface area contributed by atoms with Crippen LogP contribution >= 0.6 is 18.9 Å². The molecule has 1 aromatic rings. The summed E-state index contributed by atoms with van der Waals surface area (Å²) in [4.78, 5) is 0. The van der Waals surface area contributed by atoms with Crippen molar-refractivity contribution in [3.8, 4) is 0 Å². The van der Waals surface area contributed by atoms with Crippen LogP contribution in [0.2, 0.25) is 0 Å². The Morgan fingerprint density at radius 2 is 1.35 bits per heavy atom. The Bertz CT molecular complexity index is 477. The Labute approximate surface area is 147 Å². The van der Waals surface area contributed by atoms with E-state index in [-0.39, 0.29) is 18.0 Å². The van der Waals surface area contributed by atoms with Crippen molar-refractivity contribution in [3.05, 3.63) is 30.3 Å². The van der Waals surface area contributed by atoms with E-state index in [1.165, 1.54) is 0 Å². The molecule has 0 radical (unpaired) electrons. The highest BCUT2D eigenvalue weighted by atomic mass is 32.7. The lowest BCUT2D eigenvalue weighted by molar-refractivity contribution is -0.212. The lowest BCUT2D eigenvalue weighted by Gasteiger charge is -2.46. The molecule has 130 valence electrons. The van der Waals surface area contributed by atoms with E-state index in [1.54, 1.807) is 0 Å². The van der Waals surface area contributed by atoms with Crippen LogP contribution in [0.25, 0.3) is 0 Å². The van der Waals surface area contributed by atoms with Gasteiger partial charge in [0.1, 0.15) is 0 Å². The monoisotopic (exact) mass is 356 g/mol. The molecular weight excluding hydrogens is 325 g/mol. The molecule has 2 unspecified atom stereocenters. The third-order valence-corrected chi connectivity index (χ3v) is 9.36. The Kier molecular flexibility index (Phi) is 6.41. The van der Waals surface area contributed by atoms with Gasteiger partial charge in [-0.25, -0.2) is 5.09 Å². The van der Waals surface area contributed by atoms with E-state index < -0.39 is 6.62 Å². The number of ether oxygens (including phenoxy) is 2. The number of anilines is 1. The molecule has 3 nitrogen and oxygen atoms in total. The fourth-order valence-electron chi connectivity index (χ4n) is 3.02. The van der Waals surface area contributed by atoms with E-state index in [0.717, 1.165) is 5.69 Å². The Morgan fingerprint density at radius 1 is 0.870 bits per heavy atom. The zero-order chi connectivity index (χ0) is 17.2. The van der Waals surface area contributed by atoms with Crippen molar-refractivity contribution in [2.45, 2.75) is 59.5 Å². The highest BCUT2D eigenvalue weighted by molar-refractivity contribution is 8.53. The van der Waals surface area contributed by atoms with Gasteiger partial charge >= 0.3 is 0 Å². The molecule has 0 bridgehead atoms. The number of nitrogens with one attached hydrogen (secondary N) is 1. The molecule has 1 N–H and O–H groups in total. The first-order chi connectivity index (χ1) is 10.8. The van der Waals surface area contributed by atoms with Crippen LogP contribution in [-0.4, -0.2) is 18.0 Å². The van der Waals surface area contributed by atoms with E-state index in [0.29, 0.717) is 17.8 Å². The first kappa shape index (κ1) is 19.1. The number of hydrogen-bond donors (Lipinski definition) is 2. The number of benzene rings is 1. The Morgan fingerprint density at radius 3 is 1.74 bits per heavy atom. The SMILES string of the molecule is CC(C)C1OC(C(C)C)[P+](S)(Nc2ccccc2)C(C(C)C)O1. The second-order valence-corrected chi connectivity index (χ2v) is 12.1. The molecule has 0 amide bonds. The highest BCUT2D eigenvalue weighted by Gasteiger charge is 2.60. The highest BCUT2D eigenvalue weighted by Crippen LogP contribution is 2.75. The molecule has 23 heavy (non-hydrogen) atoms. The van der Waals surface area contributed by atoms with Gasteiger partial charge in [0, 0.05) is 30.0 Å². The zero-order valence-corrected chi connectivity index (χ0v) is 16.9. The van der Waals surface area contributed by atoms with Crippen molar-refractivity contribution in [1.82, 2.24) is 0 Å². The second kappa shape index (κ2) is 7.74. The molecule has 0 spiro atoms. The quantitative estimate of drug-likeness (QED) is 0.511. The summed E-state index contributed by atoms with van der Waals surface area (Å²) in [5, 5.41) is 3.70. The maximum Gasteiger partial charge on any atom is 0.218 e. The molecule has 0 aromatic heterocycles. The van der Waals surface area contributed by atoms with Crippen molar-refractivity contribution in [1.29, 1.82) is 0 Å². The summed E-state index contributed by atoms with van der Waals surface area (Å²) in [5.74, 6) is 1.22. The van der Waals surface area contributed by atoms with Gasteiger partial charge in [0.2, 0.25) is 18.3 Å². The molecule has 1 heterocycles. The topological polar surface area (TPSA) is 30.5 Å². The molecule has 1 saturated heterocycles. The summed E-state index contributed by atoms with van der Waals surface area (Å²) in [6.07, 6.45) is -0.160. The van der Waals surface area contributed by atoms with Gasteiger partial charge in [-0.3, -0.25) is 0 Å². The maximum absolute atomic E-state index is 6.37. The summed E-state index contributed by atoms with van der Waals surface area (Å²) >= 11 is 5.19. The molecule has 1 aromatic carbocycles. The third kappa shape index (κ3) is 4.22. The predicted molar refractivity (Wildman–Crippen MR) is 104 cm³/mol. The largest absolute Gasteiger partial charge is 0.311 e. The zero-order valence-electron chi connectivity index (χ0n) is 15.1. The minimum atomic E-state index is -1.99. The van der Waals surface area contributed by atoms with Gasteiger partial charge < -0.3 is 9.47 Å². The van der Waals surface area contributed by atoms with Crippen LogP contribution in [0.15, 0.2) is 30.3 Å². The lowest BCUT2D eigenvalue weighted by atomic mass is 10.2. The molecule has 0 saturated carbocycles.